The lowest BCUT2D eigenvalue weighted by atomic mass is 10.3. The van der Waals surface area contributed by atoms with Crippen molar-refractivity contribution in [3.05, 3.63) is 12.7 Å². The topological polar surface area (TPSA) is 49.3 Å². The summed E-state index contributed by atoms with van der Waals surface area (Å²) in [6.45, 7) is 2.86. The van der Waals surface area contributed by atoms with E-state index in [1.54, 1.807) is 6.08 Å². The van der Waals surface area contributed by atoms with Gasteiger partial charge in [0.15, 0.2) is 0 Å². The third-order valence-electron chi connectivity index (χ3n) is 1.19. The van der Waals surface area contributed by atoms with Crippen molar-refractivity contribution in [1.82, 2.24) is 5.32 Å². The lowest BCUT2D eigenvalue weighted by Gasteiger charge is -2.10. The molecule has 0 aliphatic heterocycles. The van der Waals surface area contributed by atoms with Gasteiger partial charge in [-0.2, -0.15) is 8.78 Å². The van der Waals surface area contributed by atoms with E-state index in [1.165, 1.54) is 0 Å². The van der Waals surface area contributed by atoms with Crippen molar-refractivity contribution in [2.75, 3.05) is 13.1 Å². The Hall–Kier alpha value is -0.970. The van der Waals surface area contributed by atoms with E-state index in [0.717, 1.165) is 0 Å². The van der Waals surface area contributed by atoms with Crippen LogP contribution in [0.25, 0.3) is 0 Å². The van der Waals surface area contributed by atoms with Crippen LogP contribution < -0.4 is 5.32 Å². The molecule has 0 heterocycles. The number of aliphatic carboxylic acids is 1. The molecule has 0 aromatic heterocycles. The first-order chi connectivity index (χ1) is 5.50. The van der Waals surface area contributed by atoms with Crippen LogP contribution in [0, 0.1) is 0 Å². The minimum atomic E-state index is -3.68. The van der Waals surface area contributed by atoms with Crippen LogP contribution in [0.1, 0.15) is 6.42 Å². The number of carbonyl (C=O) groups is 1. The molecular formula is C7H11F2NO2. The molecule has 0 aliphatic rings. The second-order valence-electron chi connectivity index (χ2n) is 2.26. The molecule has 5 heteroatoms. The van der Waals surface area contributed by atoms with Crippen LogP contribution in [0.15, 0.2) is 12.7 Å². The number of carboxylic acid groups (broad SMARTS) is 1. The van der Waals surface area contributed by atoms with Crippen LogP contribution in [0.4, 0.5) is 8.78 Å². The third kappa shape index (κ3) is 4.02. The van der Waals surface area contributed by atoms with Crippen LogP contribution >= 0.6 is 0 Å². The van der Waals surface area contributed by atoms with Crippen molar-refractivity contribution >= 4 is 5.97 Å². The van der Waals surface area contributed by atoms with Crippen LogP contribution in [0.5, 0.6) is 0 Å². The summed E-state index contributed by atoms with van der Waals surface area (Å²) in [4.78, 5) is 9.87. The lowest BCUT2D eigenvalue weighted by Crippen LogP contribution is -2.39. The van der Waals surface area contributed by atoms with E-state index in [1.807, 2.05) is 0 Å². The highest BCUT2D eigenvalue weighted by Crippen LogP contribution is 2.11. The molecule has 0 radical (unpaired) electrons. The maximum Gasteiger partial charge on any atom is 0.375 e. The summed E-state index contributed by atoms with van der Waals surface area (Å²) < 4.78 is 24.6. The molecule has 0 fully saturated rings. The average Bonchev–Trinajstić information content (AvgIpc) is 1.98. The van der Waals surface area contributed by atoms with Gasteiger partial charge in [-0.15, -0.1) is 6.58 Å². The first kappa shape index (κ1) is 11.0. The Morgan fingerprint density at radius 2 is 2.25 bits per heavy atom. The van der Waals surface area contributed by atoms with E-state index < -0.39 is 18.4 Å². The number of rotatable bonds is 6. The number of halogens is 2. The average molecular weight is 179 g/mol. The predicted molar refractivity (Wildman–Crippen MR) is 40.3 cm³/mol. The standard InChI is InChI=1S/C7H11F2NO2/c1-2-3-4-10-5-7(8,9)6(11)12/h2,10H,1,3-5H2,(H,11,12). The molecule has 2 N–H and O–H groups in total. The molecule has 3 nitrogen and oxygen atoms in total. The third-order valence-corrected chi connectivity index (χ3v) is 1.19. The Balaban J connectivity index is 3.61. The number of hydrogen-bond acceptors (Lipinski definition) is 2. The summed E-state index contributed by atoms with van der Waals surface area (Å²) in [5, 5.41) is 10.3. The van der Waals surface area contributed by atoms with Gasteiger partial charge in [-0.25, -0.2) is 4.79 Å². The van der Waals surface area contributed by atoms with Crippen LogP contribution in [-0.4, -0.2) is 30.1 Å². The summed E-state index contributed by atoms with van der Waals surface area (Å²) in [7, 11) is 0. The molecule has 0 saturated heterocycles. The van der Waals surface area contributed by atoms with Gasteiger partial charge in [-0.05, 0) is 13.0 Å². The Morgan fingerprint density at radius 1 is 1.67 bits per heavy atom. The van der Waals surface area contributed by atoms with E-state index in [9.17, 15) is 13.6 Å². The lowest BCUT2D eigenvalue weighted by molar-refractivity contribution is -0.163. The van der Waals surface area contributed by atoms with Crippen molar-refractivity contribution in [3.8, 4) is 0 Å². The van der Waals surface area contributed by atoms with Gasteiger partial charge >= 0.3 is 11.9 Å². The fourth-order valence-electron chi connectivity index (χ4n) is 0.525. The molecule has 0 aromatic carbocycles. The fourth-order valence-corrected chi connectivity index (χ4v) is 0.525. The van der Waals surface area contributed by atoms with Crippen molar-refractivity contribution in [3.63, 3.8) is 0 Å². The largest absolute Gasteiger partial charge is 0.477 e. The molecule has 0 aromatic rings. The summed E-state index contributed by atoms with van der Waals surface area (Å²) >= 11 is 0. The van der Waals surface area contributed by atoms with Crippen molar-refractivity contribution in [1.29, 1.82) is 0 Å². The molecule has 0 atom stereocenters. The predicted octanol–water partition coefficient (Wildman–Crippen LogP) is 0.872. The van der Waals surface area contributed by atoms with E-state index in [0.29, 0.717) is 13.0 Å². The smallest absolute Gasteiger partial charge is 0.375 e. The highest BCUT2D eigenvalue weighted by Gasteiger charge is 2.37. The molecule has 0 bridgehead atoms. The molecule has 0 aliphatic carbocycles. The normalized spacial score (nSPS) is 11.2. The summed E-state index contributed by atoms with van der Waals surface area (Å²) in [5.74, 6) is -5.78. The molecule has 0 saturated carbocycles. The molecule has 0 spiro atoms. The Morgan fingerprint density at radius 3 is 2.67 bits per heavy atom. The van der Waals surface area contributed by atoms with Gasteiger partial charge in [0, 0.05) is 0 Å². The molecule has 0 rings (SSSR count). The van der Waals surface area contributed by atoms with Gasteiger partial charge in [0.25, 0.3) is 0 Å². The Kier molecular flexibility index (Phi) is 4.43. The monoisotopic (exact) mass is 179 g/mol. The van der Waals surface area contributed by atoms with E-state index in [4.69, 9.17) is 5.11 Å². The maximum atomic E-state index is 12.3. The van der Waals surface area contributed by atoms with E-state index >= 15 is 0 Å². The molecule has 70 valence electrons. The summed E-state index contributed by atoms with van der Waals surface area (Å²) in [5.41, 5.74) is 0. The zero-order valence-electron chi connectivity index (χ0n) is 6.52. The highest BCUT2D eigenvalue weighted by molar-refractivity contribution is 5.75. The quantitative estimate of drug-likeness (QED) is 0.470. The molecular weight excluding hydrogens is 168 g/mol. The number of carboxylic acids is 1. The van der Waals surface area contributed by atoms with Gasteiger partial charge in [-0.3, -0.25) is 0 Å². The number of hydrogen-bond donors (Lipinski definition) is 2. The maximum absolute atomic E-state index is 12.3. The second kappa shape index (κ2) is 4.82. The van der Waals surface area contributed by atoms with Crippen LogP contribution in [0.3, 0.4) is 0 Å². The van der Waals surface area contributed by atoms with Gasteiger partial charge in [0.05, 0.1) is 6.54 Å². The van der Waals surface area contributed by atoms with Crippen molar-refractivity contribution in [2.24, 2.45) is 0 Å². The number of alkyl halides is 2. The van der Waals surface area contributed by atoms with Crippen molar-refractivity contribution in [2.45, 2.75) is 12.3 Å². The molecule has 0 unspecified atom stereocenters. The van der Waals surface area contributed by atoms with Gasteiger partial charge in [-0.1, -0.05) is 6.08 Å². The zero-order chi connectivity index (χ0) is 9.61. The van der Waals surface area contributed by atoms with E-state index in [2.05, 4.69) is 11.9 Å². The minimum absolute atomic E-state index is 0.312. The number of nitrogens with one attached hydrogen (secondary N) is 1. The molecule has 12 heavy (non-hydrogen) atoms. The SMILES string of the molecule is C=CCCNCC(F)(F)C(=O)O. The van der Waals surface area contributed by atoms with Crippen LogP contribution in [-0.2, 0) is 4.79 Å². The highest BCUT2D eigenvalue weighted by atomic mass is 19.3. The first-order valence-corrected chi connectivity index (χ1v) is 3.43. The zero-order valence-corrected chi connectivity index (χ0v) is 6.52. The van der Waals surface area contributed by atoms with Gasteiger partial charge < -0.3 is 10.4 Å². The second-order valence-corrected chi connectivity index (χ2v) is 2.26. The van der Waals surface area contributed by atoms with Gasteiger partial charge in [0.1, 0.15) is 0 Å². The van der Waals surface area contributed by atoms with Crippen LogP contribution in [0.2, 0.25) is 0 Å². The van der Waals surface area contributed by atoms with E-state index in [-0.39, 0.29) is 0 Å². The summed E-state index contributed by atoms with van der Waals surface area (Å²) in [6.07, 6.45) is 2.10. The fraction of sp³-hybridized carbons (Fsp3) is 0.571. The van der Waals surface area contributed by atoms with Crippen molar-refractivity contribution < 1.29 is 18.7 Å². The summed E-state index contributed by atoms with van der Waals surface area (Å²) in [6, 6.07) is 0. The molecule has 0 amide bonds. The Bertz CT molecular complexity index is 171. The van der Waals surface area contributed by atoms with Gasteiger partial charge in [0.2, 0.25) is 0 Å². The Labute approximate surface area is 69.1 Å². The first-order valence-electron chi connectivity index (χ1n) is 3.43. The minimum Gasteiger partial charge on any atom is -0.477 e.